The van der Waals surface area contributed by atoms with Gasteiger partial charge in [0.25, 0.3) is 10.0 Å². The van der Waals surface area contributed by atoms with Gasteiger partial charge in [-0.3, -0.25) is 14.5 Å². The zero-order valence-corrected chi connectivity index (χ0v) is 26.4. The number of pyridine rings is 1. The Kier molecular flexibility index (Phi) is 8.40. The minimum atomic E-state index is -4.07. The van der Waals surface area contributed by atoms with Crippen molar-refractivity contribution in [3.05, 3.63) is 108 Å². The summed E-state index contributed by atoms with van der Waals surface area (Å²) in [5.74, 6) is -3.47. The van der Waals surface area contributed by atoms with Gasteiger partial charge in [-0.25, -0.2) is 21.6 Å². The summed E-state index contributed by atoms with van der Waals surface area (Å²) in [7, 11) is -8.07. The lowest BCUT2D eigenvalue weighted by atomic mass is 9.84. The fourth-order valence-electron chi connectivity index (χ4n) is 5.75. The zero-order chi connectivity index (χ0) is 32.6. The van der Waals surface area contributed by atoms with Gasteiger partial charge in [0.2, 0.25) is 15.8 Å². The van der Waals surface area contributed by atoms with Crippen molar-refractivity contribution in [1.29, 1.82) is 0 Å². The molecule has 0 amide bonds. The number of esters is 1. The van der Waals surface area contributed by atoms with E-state index in [2.05, 4.69) is 9.71 Å². The fraction of sp³-hybridized carbons (Fsp3) is 0.242. The van der Waals surface area contributed by atoms with Crippen molar-refractivity contribution in [3.8, 4) is 0 Å². The maximum Gasteiger partial charge on any atom is 0.339 e. The first-order chi connectivity index (χ1) is 22.0. The van der Waals surface area contributed by atoms with Crippen LogP contribution in [0.1, 0.15) is 31.2 Å². The predicted octanol–water partition coefficient (Wildman–Crippen LogP) is 4.55. The molecule has 2 heterocycles. The van der Waals surface area contributed by atoms with Crippen LogP contribution in [0.25, 0.3) is 10.9 Å². The molecule has 11 nitrogen and oxygen atoms in total. The van der Waals surface area contributed by atoms with E-state index < -0.39 is 56.1 Å². The molecule has 2 N–H and O–H groups in total. The molecule has 3 aromatic carbocycles. The first-order valence-corrected chi connectivity index (χ1v) is 17.6. The van der Waals surface area contributed by atoms with E-state index in [4.69, 9.17) is 4.74 Å². The molecule has 0 radical (unpaired) electrons. The number of nitrogens with one attached hydrogen (secondary N) is 1. The average molecular weight is 662 g/mol. The number of ketones is 1. The maximum atomic E-state index is 13.4. The molecule has 1 fully saturated rings. The molecule has 0 bridgehead atoms. The van der Waals surface area contributed by atoms with Crippen LogP contribution in [-0.4, -0.2) is 62.2 Å². The van der Waals surface area contributed by atoms with Gasteiger partial charge in [0.15, 0.2) is 11.9 Å². The van der Waals surface area contributed by atoms with Crippen LogP contribution in [0.3, 0.4) is 0 Å². The summed E-state index contributed by atoms with van der Waals surface area (Å²) in [5.41, 5.74) is 0.811. The molecule has 1 aliphatic carbocycles. The number of carbonyl (C=O) groups excluding carboxylic acids is 2. The molecule has 0 spiro atoms. The van der Waals surface area contributed by atoms with E-state index >= 15 is 0 Å². The molecular formula is C33H31N3O8S2. The number of hydrogen-bond acceptors (Lipinski definition) is 9. The summed E-state index contributed by atoms with van der Waals surface area (Å²) in [5, 5.41) is 11.8. The third-order valence-electron chi connectivity index (χ3n) is 8.14. The second kappa shape index (κ2) is 12.3. The molecule has 4 aromatic rings. The van der Waals surface area contributed by atoms with Crippen molar-refractivity contribution in [2.75, 3.05) is 17.8 Å². The number of anilines is 1. The molecule has 1 aliphatic heterocycles. The average Bonchev–Trinajstić information content (AvgIpc) is 3.89. The number of likely N-dealkylation sites (N-methyl/N-ethyl adjacent to an activating group) is 1. The Bertz CT molecular complexity index is 2070. The Balaban J connectivity index is 1.28. The number of fused-ring (bicyclic) bond motifs is 1. The minimum Gasteiger partial charge on any atom is -0.504 e. The van der Waals surface area contributed by atoms with Crippen LogP contribution < -0.4 is 4.72 Å². The van der Waals surface area contributed by atoms with Crippen LogP contribution in [0.2, 0.25) is 0 Å². The molecule has 13 heteroatoms. The molecule has 238 valence electrons. The lowest BCUT2D eigenvalue weighted by Crippen LogP contribution is -2.46. The first kappa shape index (κ1) is 31.4. The SMILES string of the molecule is CCN(CC1OC(=O)C(C(c2cccc(NS(=O)(=O)c3cccc4cccnc34)c2)C2CC2)=C(O)C1=O)S(=O)(=O)c1ccccc1. The molecule has 2 unspecified atom stereocenters. The summed E-state index contributed by atoms with van der Waals surface area (Å²) in [6.45, 7) is 1.13. The van der Waals surface area contributed by atoms with Crippen molar-refractivity contribution in [1.82, 2.24) is 9.29 Å². The van der Waals surface area contributed by atoms with Crippen LogP contribution >= 0.6 is 0 Å². The molecule has 6 rings (SSSR count). The highest BCUT2D eigenvalue weighted by atomic mass is 32.2. The number of ether oxygens (including phenoxy) is 1. The van der Waals surface area contributed by atoms with Crippen molar-refractivity contribution in [2.24, 2.45) is 5.92 Å². The highest BCUT2D eigenvalue weighted by Gasteiger charge is 2.46. The Hall–Kier alpha value is -4.59. The summed E-state index contributed by atoms with van der Waals surface area (Å²) < 4.78 is 62.4. The number of rotatable bonds is 11. The number of carbonyl (C=O) groups is 2. The Morgan fingerprint density at radius 2 is 1.67 bits per heavy atom. The molecule has 1 aromatic heterocycles. The second-order valence-corrected chi connectivity index (χ2v) is 14.8. The van der Waals surface area contributed by atoms with Crippen molar-refractivity contribution >= 4 is 48.4 Å². The number of benzene rings is 3. The lowest BCUT2D eigenvalue weighted by Gasteiger charge is -2.30. The lowest BCUT2D eigenvalue weighted by molar-refractivity contribution is -0.155. The second-order valence-electron chi connectivity index (χ2n) is 11.2. The van der Waals surface area contributed by atoms with E-state index in [1.54, 1.807) is 73.7 Å². The quantitative estimate of drug-likeness (QED) is 0.220. The number of hydrogen-bond donors (Lipinski definition) is 2. The van der Waals surface area contributed by atoms with Gasteiger partial charge in [0, 0.05) is 29.7 Å². The standard InChI is InChI=1S/C33H31N3O8S2/c1-2-36(46(42,43)25-13-4-3-5-14-25)20-26-31(37)32(38)29(33(39)44-26)28(21-16-17-21)23-10-6-12-24(19-23)35-45(40,41)27-15-7-9-22-11-8-18-34-30(22)27/h3-15,18-19,21,26,28,35,38H,2,16-17,20H2,1H3. The van der Waals surface area contributed by atoms with Crippen molar-refractivity contribution < 1.29 is 36.3 Å². The number of nitrogens with zero attached hydrogens (tertiary/aromatic N) is 2. The fourth-order valence-corrected chi connectivity index (χ4v) is 8.45. The summed E-state index contributed by atoms with van der Waals surface area (Å²) in [6, 6.07) is 22.4. The number of sulfonamides is 2. The molecule has 0 saturated heterocycles. The van der Waals surface area contributed by atoms with E-state index in [9.17, 15) is 31.5 Å². The first-order valence-electron chi connectivity index (χ1n) is 14.7. The highest BCUT2D eigenvalue weighted by Crippen LogP contribution is 2.49. The summed E-state index contributed by atoms with van der Waals surface area (Å²) in [4.78, 5) is 31.1. The number of para-hydroxylation sites is 1. The molecule has 46 heavy (non-hydrogen) atoms. The van der Waals surface area contributed by atoms with Gasteiger partial charge in [-0.1, -0.05) is 55.5 Å². The van der Waals surface area contributed by atoms with E-state index in [-0.39, 0.29) is 33.5 Å². The zero-order valence-electron chi connectivity index (χ0n) is 24.7. The number of Topliss-reactive ketones (excluding diaryl/α,β-unsaturated/α-hetero) is 1. The highest BCUT2D eigenvalue weighted by molar-refractivity contribution is 7.93. The number of aliphatic hydroxyl groups excluding tert-OH is 1. The largest absolute Gasteiger partial charge is 0.504 e. The minimum absolute atomic E-state index is 0.00185. The van der Waals surface area contributed by atoms with Gasteiger partial charge in [0.1, 0.15) is 4.90 Å². The smallest absolute Gasteiger partial charge is 0.339 e. The number of cyclic esters (lactones) is 1. The van der Waals surface area contributed by atoms with Gasteiger partial charge < -0.3 is 9.84 Å². The van der Waals surface area contributed by atoms with E-state index in [1.165, 1.54) is 24.4 Å². The number of aromatic nitrogens is 1. The summed E-state index contributed by atoms with van der Waals surface area (Å²) in [6.07, 6.45) is 1.40. The third kappa shape index (κ3) is 6.00. The van der Waals surface area contributed by atoms with Crippen LogP contribution in [0.15, 0.2) is 112 Å². The predicted molar refractivity (Wildman–Crippen MR) is 170 cm³/mol. The van der Waals surface area contributed by atoms with Crippen LogP contribution in [0, 0.1) is 5.92 Å². The normalized spacial score (nSPS) is 18.1. The van der Waals surface area contributed by atoms with Crippen molar-refractivity contribution in [3.63, 3.8) is 0 Å². The molecular weight excluding hydrogens is 631 g/mol. The van der Waals surface area contributed by atoms with Crippen molar-refractivity contribution in [2.45, 2.75) is 41.6 Å². The van der Waals surface area contributed by atoms with Gasteiger partial charge in [-0.15, -0.1) is 0 Å². The summed E-state index contributed by atoms with van der Waals surface area (Å²) >= 11 is 0. The van der Waals surface area contributed by atoms with Gasteiger partial charge in [0.05, 0.1) is 22.5 Å². The van der Waals surface area contributed by atoms with Gasteiger partial charge in [-0.05, 0) is 60.7 Å². The van der Waals surface area contributed by atoms with E-state index in [1.807, 2.05) is 0 Å². The topological polar surface area (TPSA) is 160 Å². The number of aliphatic hydroxyl groups is 1. The van der Waals surface area contributed by atoms with Crippen LogP contribution in [-0.2, 0) is 34.4 Å². The van der Waals surface area contributed by atoms with Crippen LogP contribution in [0.5, 0.6) is 0 Å². The maximum absolute atomic E-state index is 13.4. The Labute approximate surface area is 266 Å². The van der Waals surface area contributed by atoms with Gasteiger partial charge in [-0.2, -0.15) is 4.31 Å². The Morgan fingerprint density at radius 3 is 2.39 bits per heavy atom. The molecule has 1 saturated carbocycles. The third-order valence-corrected chi connectivity index (χ3v) is 11.5. The van der Waals surface area contributed by atoms with E-state index in [0.29, 0.717) is 29.3 Å². The molecule has 2 aliphatic rings. The van der Waals surface area contributed by atoms with E-state index in [0.717, 1.165) is 4.31 Å². The monoisotopic (exact) mass is 661 g/mol. The molecule has 2 atom stereocenters. The van der Waals surface area contributed by atoms with Gasteiger partial charge >= 0.3 is 5.97 Å². The Morgan fingerprint density at radius 1 is 0.957 bits per heavy atom. The van der Waals surface area contributed by atoms with Crippen LogP contribution in [0.4, 0.5) is 5.69 Å².